The normalized spacial score (nSPS) is 10.3. The van der Waals surface area contributed by atoms with E-state index >= 15 is 0 Å². The smallest absolute Gasteiger partial charge is 0.337 e. The van der Waals surface area contributed by atoms with Crippen LogP contribution in [-0.2, 0) is 0 Å². The van der Waals surface area contributed by atoms with Crippen molar-refractivity contribution in [1.29, 1.82) is 0 Å². The molecule has 60 valence electrons. The van der Waals surface area contributed by atoms with Gasteiger partial charge in [-0.1, -0.05) is 0 Å². The number of carbonyl (C=O) groups is 1. The zero-order valence-electron chi connectivity index (χ0n) is 6.11. The van der Waals surface area contributed by atoms with Gasteiger partial charge in [0.1, 0.15) is 0 Å². The van der Waals surface area contributed by atoms with Crippen LogP contribution in [0.25, 0.3) is 10.9 Å². The molecule has 2 N–H and O–H groups in total. The standard InChI is InChI=1S/C8H6N2O2/c11-8(12)6-3-9-4-7-5(6)1-2-10-7/h1-4,10H,(H,11,12). The van der Waals surface area contributed by atoms with Gasteiger partial charge in [0.2, 0.25) is 0 Å². The average Bonchev–Trinajstić information content (AvgIpc) is 2.49. The lowest BCUT2D eigenvalue weighted by molar-refractivity contribution is 0.0698. The maximum atomic E-state index is 10.7. The van der Waals surface area contributed by atoms with E-state index in [0.29, 0.717) is 5.39 Å². The molecule has 0 saturated heterocycles. The average molecular weight is 162 g/mol. The predicted octanol–water partition coefficient (Wildman–Crippen LogP) is 1.26. The van der Waals surface area contributed by atoms with Gasteiger partial charge < -0.3 is 10.1 Å². The van der Waals surface area contributed by atoms with Crippen LogP contribution in [0.4, 0.5) is 0 Å². The van der Waals surface area contributed by atoms with E-state index in [1.165, 1.54) is 6.20 Å². The molecule has 0 amide bonds. The van der Waals surface area contributed by atoms with Crippen LogP contribution in [0.15, 0.2) is 24.7 Å². The molecule has 2 aromatic heterocycles. The first kappa shape index (κ1) is 6.84. The Balaban J connectivity index is 2.82. The molecule has 2 heterocycles. The van der Waals surface area contributed by atoms with Crippen LogP contribution in [0, 0.1) is 0 Å². The first-order chi connectivity index (χ1) is 5.79. The number of nitrogens with zero attached hydrogens (tertiary/aromatic N) is 1. The van der Waals surface area contributed by atoms with Crippen LogP contribution in [-0.4, -0.2) is 21.0 Å². The Labute approximate surface area is 67.9 Å². The lowest BCUT2D eigenvalue weighted by atomic mass is 10.2. The molecular formula is C8H6N2O2. The molecule has 0 aliphatic rings. The molecule has 2 rings (SSSR count). The minimum atomic E-state index is -0.951. The number of hydrogen-bond acceptors (Lipinski definition) is 2. The third-order valence-corrected chi connectivity index (χ3v) is 1.71. The number of nitrogens with one attached hydrogen (secondary N) is 1. The topological polar surface area (TPSA) is 66.0 Å². The van der Waals surface area contributed by atoms with Gasteiger partial charge in [0, 0.05) is 17.8 Å². The van der Waals surface area contributed by atoms with Crippen LogP contribution < -0.4 is 0 Å². The van der Waals surface area contributed by atoms with E-state index in [1.807, 2.05) is 0 Å². The van der Waals surface area contributed by atoms with E-state index in [1.54, 1.807) is 18.5 Å². The van der Waals surface area contributed by atoms with E-state index in [0.717, 1.165) is 5.52 Å². The summed E-state index contributed by atoms with van der Waals surface area (Å²) < 4.78 is 0. The molecule has 0 aromatic carbocycles. The SMILES string of the molecule is O=C(O)c1cncc2[nH]ccc12. The molecule has 0 aliphatic heterocycles. The first-order valence-corrected chi connectivity index (χ1v) is 3.43. The van der Waals surface area contributed by atoms with Gasteiger partial charge in [-0.2, -0.15) is 0 Å². The number of carboxylic acids is 1. The van der Waals surface area contributed by atoms with Crippen molar-refractivity contribution in [2.75, 3.05) is 0 Å². The van der Waals surface area contributed by atoms with Crippen LogP contribution >= 0.6 is 0 Å². The summed E-state index contributed by atoms with van der Waals surface area (Å²) in [5, 5.41) is 9.44. The van der Waals surface area contributed by atoms with E-state index < -0.39 is 5.97 Å². The second-order valence-electron chi connectivity index (χ2n) is 2.43. The number of pyridine rings is 1. The van der Waals surface area contributed by atoms with Crippen LogP contribution in [0.1, 0.15) is 10.4 Å². The summed E-state index contributed by atoms with van der Waals surface area (Å²) in [7, 11) is 0. The molecule has 0 unspecified atom stereocenters. The maximum absolute atomic E-state index is 10.7. The highest BCUT2D eigenvalue weighted by atomic mass is 16.4. The lowest BCUT2D eigenvalue weighted by Gasteiger charge is -1.94. The Morgan fingerprint density at radius 1 is 1.50 bits per heavy atom. The fourth-order valence-corrected chi connectivity index (χ4v) is 1.15. The summed E-state index contributed by atoms with van der Waals surface area (Å²) in [6.45, 7) is 0. The van der Waals surface area contributed by atoms with Crippen molar-refractivity contribution in [2.24, 2.45) is 0 Å². The third kappa shape index (κ3) is 0.852. The third-order valence-electron chi connectivity index (χ3n) is 1.71. The zero-order valence-corrected chi connectivity index (χ0v) is 6.11. The zero-order chi connectivity index (χ0) is 8.55. The van der Waals surface area contributed by atoms with Crippen molar-refractivity contribution in [2.45, 2.75) is 0 Å². The Bertz CT molecular complexity index is 433. The number of rotatable bonds is 1. The molecule has 0 bridgehead atoms. The van der Waals surface area contributed by atoms with Crippen molar-refractivity contribution >= 4 is 16.9 Å². The van der Waals surface area contributed by atoms with Crippen LogP contribution in [0.2, 0.25) is 0 Å². The number of aromatic nitrogens is 2. The van der Waals surface area contributed by atoms with Gasteiger partial charge in [0.25, 0.3) is 0 Å². The van der Waals surface area contributed by atoms with Gasteiger partial charge in [-0.25, -0.2) is 4.79 Å². The molecule has 0 spiro atoms. The minimum Gasteiger partial charge on any atom is -0.478 e. The second-order valence-corrected chi connectivity index (χ2v) is 2.43. The number of aromatic carboxylic acids is 1. The molecule has 4 heteroatoms. The molecule has 0 aliphatic carbocycles. The summed E-state index contributed by atoms with van der Waals surface area (Å²) in [6.07, 6.45) is 4.64. The number of H-pyrrole nitrogens is 1. The van der Waals surface area contributed by atoms with Crippen molar-refractivity contribution in [3.8, 4) is 0 Å². The maximum Gasteiger partial charge on any atom is 0.337 e. The van der Waals surface area contributed by atoms with E-state index in [2.05, 4.69) is 9.97 Å². The van der Waals surface area contributed by atoms with Gasteiger partial charge in [-0.05, 0) is 6.07 Å². The number of fused-ring (bicyclic) bond motifs is 1. The number of carboxylic acid groups (broad SMARTS) is 1. The van der Waals surface area contributed by atoms with E-state index in [4.69, 9.17) is 5.11 Å². The summed E-state index contributed by atoms with van der Waals surface area (Å²) in [4.78, 5) is 17.3. The highest BCUT2D eigenvalue weighted by molar-refractivity contribution is 6.02. The van der Waals surface area contributed by atoms with Gasteiger partial charge in [-0.15, -0.1) is 0 Å². The van der Waals surface area contributed by atoms with Gasteiger partial charge in [0.15, 0.2) is 0 Å². The molecule has 0 fully saturated rings. The molecule has 2 aromatic rings. The number of aromatic amines is 1. The van der Waals surface area contributed by atoms with E-state index in [9.17, 15) is 4.79 Å². The van der Waals surface area contributed by atoms with Gasteiger partial charge in [-0.3, -0.25) is 4.98 Å². The molecule has 4 nitrogen and oxygen atoms in total. The molecular weight excluding hydrogens is 156 g/mol. The monoisotopic (exact) mass is 162 g/mol. The Morgan fingerprint density at radius 3 is 3.08 bits per heavy atom. The minimum absolute atomic E-state index is 0.230. The lowest BCUT2D eigenvalue weighted by Crippen LogP contribution is -1.97. The molecule has 0 radical (unpaired) electrons. The highest BCUT2D eigenvalue weighted by Crippen LogP contribution is 2.15. The van der Waals surface area contributed by atoms with Gasteiger partial charge in [0.05, 0.1) is 17.3 Å². The molecule has 0 atom stereocenters. The Kier molecular flexibility index (Phi) is 1.33. The predicted molar refractivity (Wildman–Crippen MR) is 43.1 cm³/mol. The summed E-state index contributed by atoms with van der Waals surface area (Å²) in [6, 6.07) is 1.72. The second kappa shape index (κ2) is 2.34. The summed E-state index contributed by atoms with van der Waals surface area (Å²) >= 11 is 0. The quantitative estimate of drug-likeness (QED) is 0.663. The first-order valence-electron chi connectivity index (χ1n) is 3.43. The number of hydrogen-bond donors (Lipinski definition) is 2. The largest absolute Gasteiger partial charge is 0.478 e. The highest BCUT2D eigenvalue weighted by Gasteiger charge is 2.07. The van der Waals surface area contributed by atoms with E-state index in [-0.39, 0.29) is 5.56 Å². The fourth-order valence-electron chi connectivity index (χ4n) is 1.15. The Hall–Kier alpha value is -1.84. The van der Waals surface area contributed by atoms with Crippen molar-refractivity contribution in [3.05, 3.63) is 30.2 Å². The summed E-state index contributed by atoms with van der Waals surface area (Å²) in [5.74, 6) is -0.951. The Morgan fingerprint density at radius 2 is 2.33 bits per heavy atom. The fraction of sp³-hybridized carbons (Fsp3) is 0. The molecule has 12 heavy (non-hydrogen) atoms. The van der Waals surface area contributed by atoms with Crippen molar-refractivity contribution in [3.63, 3.8) is 0 Å². The molecule has 0 saturated carbocycles. The van der Waals surface area contributed by atoms with Crippen molar-refractivity contribution < 1.29 is 9.90 Å². The van der Waals surface area contributed by atoms with Crippen LogP contribution in [0.3, 0.4) is 0 Å². The van der Waals surface area contributed by atoms with Crippen molar-refractivity contribution in [1.82, 2.24) is 9.97 Å². The van der Waals surface area contributed by atoms with Crippen LogP contribution in [0.5, 0.6) is 0 Å². The summed E-state index contributed by atoms with van der Waals surface area (Å²) in [5.41, 5.74) is 0.976. The van der Waals surface area contributed by atoms with Gasteiger partial charge >= 0.3 is 5.97 Å².